The number of nitrogens with zero attached hydrogens (tertiary/aromatic N) is 2. The first-order chi connectivity index (χ1) is 9.65. The minimum Gasteiger partial charge on any atom is -0.324 e. The van der Waals surface area contributed by atoms with Crippen LogP contribution in [-0.4, -0.2) is 9.97 Å². The molecule has 20 heavy (non-hydrogen) atoms. The molecule has 1 atom stereocenters. The molecule has 0 aliphatic carbocycles. The average Bonchev–Trinajstić information content (AvgIpc) is 2.46. The molecular weight excluding hydrogens is 253 g/mol. The fourth-order valence-corrected chi connectivity index (χ4v) is 2.21. The van der Waals surface area contributed by atoms with E-state index in [0.717, 1.165) is 16.6 Å². The topological polar surface area (TPSA) is 51.8 Å². The van der Waals surface area contributed by atoms with Crippen molar-refractivity contribution >= 4 is 10.9 Å². The largest absolute Gasteiger partial charge is 0.324 e. The quantitative estimate of drug-likeness (QED) is 0.773. The van der Waals surface area contributed by atoms with E-state index < -0.39 is 0 Å². The molecule has 1 aromatic carbocycles. The van der Waals surface area contributed by atoms with Crippen molar-refractivity contribution in [3.05, 3.63) is 60.0 Å². The highest BCUT2D eigenvalue weighted by Crippen LogP contribution is 2.28. The molecule has 3 aromatic rings. The maximum Gasteiger partial charge on any atom is 0.125 e. The van der Waals surface area contributed by atoms with E-state index in [2.05, 4.69) is 9.97 Å². The molecular formula is C16H14FN3. The number of aromatic nitrogens is 2. The van der Waals surface area contributed by atoms with Crippen LogP contribution >= 0.6 is 0 Å². The van der Waals surface area contributed by atoms with Gasteiger partial charge in [-0.1, -0.05) is 6.07 Å². The molecule has 0 saturated carbocycles. The molecule has 3 rings (SSSR count). The molecule has 2 N–H and O–H groups in total. The first-order valence-corrected chi connectivity index (χ1v) is 6.42. The standard InChI is InChI=1S/C16H14FN3/c1-10(18)13-8-11-5-6-12(17)9-15(11)20-16(13)14-4-2-3-7-19-14/h2-10H,18H2,1H3. The fraction of sp³-hybridized carbons (Fsp3) is 0.125. The third-order valence-corrected chi connectivity index (χ3v) is 3.21. The van der Waals surface area contributed by atoms with Crippen LogP contribution in [0.15, 0.2) is 48.7 Å². The molecule has 1 unspecified atom stereocenters. The number of halogens is 1. The summed E-state index contributed by atoms with van der Waals surface area (Å²) in [7, 11) is 0. The summed E-state index contributed by atoms with van der Waals surface area (Å²) in [5.74, 6) is -0.300. The van der Waals surface area contributed by atoms with Crippen LogP contribution in [0.1, 0.15) is 18.5 Å². The first-order valence-electron chi connectivity index (χ1n) is 6.42. The van der Waals surface area contributed by atoms with Crippen molar-refractivity contribution in [2.45, 2.75) is 13.0 Å². The Kier molecular flexibility index (Phi) is 3.16. The summed E-state index contributed by atoms with van der Waals surface area (Å²) >= 11 is 0. The number of rotatable bonds is 2. The van der Waals surface area contributed by atoms with Crippen LogP contribution < -0.4 is 5.73 Å². The Bertz CT molecular complexity index is 754. The zero-order valence-electron chi connectivity index (χ0n) is 11.0. The van der Waals surface area contributed by atoms with Gasteiger partial charge in [-0.3, -0.25) is 4.98 Å². The monoisotopic (exact) mass is 267 g/mol. The maximum atomic E-state index is 13.3. The van der Waals surface area contributed by atoms with Gasteiger partial charge < -0.3 is 5.73 Å². The van der Waals surface area contributed by atoms with Crippen LogP contribution in [0, 0.1) is 5.82 Å². The number of nitrogens with two attached hydrogens (primary N) is 1. The number of benzene rings is 1. The molecule has 4 heteroatoms. The van der Waals surface area contributed by atoms with Gasteiger partial charge in [0, 0.05) is 23.7 Å². The molecule has 0 bridgehead atoms. The van der Waals surface area contributed by atoms with E-state index in [1.54, 1.807) is 12.3 Å². The SMILES string of the molecule is CC(N)c1cc2ccc(F)cc2nc1-c1ccccn1. The van der Waals surface area contributed by atoms with Gasteiger partial charge in [-0.25, -0.2) is 9.37 Å². The Labute approximate surface area is 116 Å². The second kappa shape index (κ2) is 4.98. The summed E-state index contributed by atoms with van der Waals surface area (Å²) in [4.78, 5) is 8.85. The molecule has 2 heterocycles. The van der Waals surface area contributed by atoms with Gasteiger partial charge >= 0.3 is 0 Å². The van der Waals surface area contributed by atoms with E-state index in [1.165, 1.54) is 12.1 Å². The predicted octanol–water partition coefficient (Wildman–Crippen LogP) is 3.46. The van der Waals surface area contributed by atoms with Gasteiger partial charge in [0.15, 0.2) is 0 Å². The van der Waals surface area contributed by atoms with Gasteiger partial charge in [0.25, 0.3) is 0 Å². The van der Waals surface area contributed by atoms with E-state index in [9.17, 15) is 4.39 Å². The molecule has 100 valence electrons. The Hall–Kier alpha value is -2.33. The predicted molar refractivity (Wildman–Crippen MR) is 77.5 cm³/mol. The average molecular weight is 267 g/mol. The molecule has 0 spiro atoms. The second-order valence-corrected chi connectivity index (χ2v) is 4.77. The summed E-state index contributed by atoms with van der Waals surface area (Å²) < 4.78 is 13.3. The van der Waals surface area contributed by atoms with E-state index >= 15 is 0 Å². The zero-order valence-corrected chi connectivity index (χ0v) is 11.0. The van der Waals surface area contributed by atoms with Crippen molar-refractivity contribution in [3.63, 3.8) is 0 Å². The maximum absolute atomic E-state index is 13.3. The van der Waals surface area contributed by atoms with Gasteiger partial charge in [-0.05, 0) is 42.8 Å². The highest BCUT2D eigenvalue weighted by molar-refractivity contribution is 5.83. The number of hydrogen-bond acceptors (Lipinski definition) is 3. The third kappa shape index (κ3) is 2.26. The van der Waals surface area contributed by atoms with E-state index in [0.29, 0.717) is 11.2 Å². The fourth-order valence-electron chi connectivity index (χ4n) is 2.21. The van der Waals surface area contributed by atoms with Crippen LogP contribution in [0.5, 0.6) is 0 Å². The van der Waals surface area contributed by atoms with Crippen LogP contribution in [-0.2, 0) is 0 Å². The molecule has 0 radical (unpaired) electrons. The van der Waals surface area contributed by atoms with Crippen molar-refractivity contribution in [2.75, 3.05) is 0 Å². The summed E-state index contributed by atoms with van der Waals surface area (Å²) in [6, 6.07) is 12.0. The molecule has 3 nitrogen and oxygen atoms in total. The highest BCUT2D eigenvalue weighted by Gasteiger charge is 2.13. The minimum absolute atomic E-state index is 0.172. The lowest BCUT2D eigenvalue weighted by atomic mass is 10.0. The van der Waals surface area contributed by atoms with Gasteiger partial charge in [0.05, 0.1) is 16.9 Å². The second-order valence-electron chi connectivity index (χ2n) is 4.77. The lowest BCUT2D eigenvalue weighted by Crippen LogP contribution is -2.08. The normalized spacial score (nSPS) is 12.6. The van der Waals surface area contributed by atoms with E-state index in [1.807, 2.05) is 31.2 Å². The molecule has 2 aromatic heterocycles. The van der Waals surface area contributed by atoms with Crippen molar-refractivity contribution in [2.24, 2.45) is 5.73 Å². The van der Waals surface area contributed by atoms with Crippen molar-refractivity contribution in [3.8, 4) is 11.4 Å². The highest BCUT2D eigenvalue weighted by atomic mass is 19.1. The minimum atomic E-state index is -0.300. The van der Waals surface area contributed by atoms with E-state index in [4.69, 9.17) is 5.73 Å². The lowest BCUT2D eigenvalue weighted by molar-refractivity contribution is 0.629. The van der Waals surface area contributed by atoms with Gasteiger partial charge in [0.2, 0.25) is 0 Å². The van der Waals surface area contributed by atoms with Crippen LogP contribution in [0.4, 0.5) is 4.39 Å². The van der Waals surface area contributed by atoms with Gasteiger partial charge in [0.1, 0.15) is 5.82 Å². The van der Waals surface area contributed by atoms with Crippen molar-refractivity contribution in [1.29, 1.82) is 0 Å². The van der Waals surface area contributed by atoms with Crippen LogP contribution in [0.25, 0.3) is 22.3 Å². The lowest BCUT2D eigenvalue weighted by Gasteiger charge is -2.13. The number of hydrogen-bond donors (Lipinski definition) is 1. The zero-order chi connectivity index (χ0) is 14.1. The van der Waals surface area contributed by atoms with Crippen LogP contribution in [0.2, 0.25) is 0 Å². The number of pyridine rings is 2. The van der Waals surface area contributed by atoms with Gasteiger partial charge in [-0.15, -0.1) is 0 Å². The Balaban J connectivity index is 2.30. The van der Waals surface area contributed by atoms with Crippen molar-refractivity contribution < 1.29 is 4.39 Å². The molecule has 0 saturated heterocycles. The smallest absolute Gasteiger partial charge is 0.125 e. The van der Waals surface area contributed by atoms with E-state index in [-0.39, 0.29) is 11.9 Å². The summed E-state index contributed by atoms with van der Waals surface area (Å²) in [5, 5.41) is 0.874. The molecule has 0 aliphatic rings. The molecule has 0 aliphatic heterocycles. The Morgan fingerprint density at radius 1 is 1.15 bits per heavy atom. The Morgan fingerprint density at radius 2 is 2.00 bits per heavy atom. The van der Waals surface area contributed by atoms with Crippen LogP contribution in [0.3, 0.4) is 0 Å². The Morgan fingerprint density at radius 3 is 2.70 bits per heavy atom. The first kappa shape index (κ1) is 12.7. The summed E-state index contributed by atoms with van der Waals surface area (Å²) in [6.07, 6.45) is 1.71. The van der Waals surface area contributed by atoms with Gasteiger partial charge in [-0.2, -0.15) is 0 Å². The van der Waals surface area contributed by atoms with Crippen molar-refractivity contribution in [1.82, 2.24) is 9.97 Å². The molecule has 0 amide bonds. The number of fused-ring (bicyclic) bond motifs is 1. The summed E-state index contributed by atoms with van der Waals surface area (Å²) in [5.41, 5.74) is 8.99. The third-order valence-electron chi connectivity index (χ3n) is 3.21. The molecule has 0 fully saturated rings. The summed E-state index contributed by atoms with van der Waals surface area (Å²) in [6.45, 7) is 1.90.